The molecule has 18 heavy (non-hydrogen) atoms. The maximum absolute atomic E-state index is 4.76. The molecule has 0 bridgehead atoms. The monoisotopic (exact) mass is 305 g/mol. The van der Waals surface area contributed by atoms with Crippen LogP contribution in [0, 0.1) is 11.8 Å². The molecular weight excluding hydrogens is 290 g/mol. The molecule has 3 nitrogen and oxygen atoms in total. The van der Waals surface area contributed by atoms with Crippen LogP contribution in [0.15, 0.2) is 22.7 Å². The maximum Gasteiger partial charge on any atom is 0.124 e. The van der Waals surface area contributed by atoms with Gasteiger partial charge < -0.3 is 10.3 Å². The molecule has 0 amide bonds. The van der Waals surface area contributed by atoms with Gasteiger partial charge in [-0.3, -0.25) is 0 Å². The summed E-state index contributed by atoms with van der Waals surface area (Å²) in [5.41, 5.74) is 2.19. The molecule has 3 unspecified atom stereocenters. The first-order chi connectivity index (χ1) is 8.81. The van der Waals surface area contributed by atoms with E-state index < -0.39 is 0 Å². The number of nitrogens with one attached hydrogen (secondary N) is 2. The molecule has 2 aliphatic rings. The molecule has 0 spiro atoms. The van der Waals surface area contributed by atoms with Gasteiger partial charge in [-0.1, -0.05) is 22.4 Å². The van der Waals surface area contributed by atoms with E-state index >= 15 is 0 Å². The molecule has 1 aliphatic heterocycles. The van der Waals surface area contributed by atoms with Gasteiger partial charge in [-0.2, -0.15) is 0 Å². The van der Waals surface area contributed by atoms with Crippen molar-refractivity contribution >= 4 is 27.0 Å². The molecule has 1 saturated carbocycles. The quantitative estimate of drug-likeness (QED) is 0.848. The number of hydrogen-bond acceptors (Lipinski definition) is 2. The minimum atomic E-state index is 0.434. The number of fused-ring (bicyclic) bond motifs is 2. The van der Waals surface area contributed by atoms with Crippen LogP contribution in [0.25, 0.3) is 11.0 Å². The van der Waals surface area contributed by atoms with E-state index in [2.05, 4.69) is 38.4 Å². The van der Waals surface area contributed by atoms with Crippen LogP contribution in [0.2, 0.25) is 0 Å². The van der Waals surface area contributed by atoms with E-state index in [4.69, 9.17) is 4.98 Å². The van der Waals surface area contributed by atoms with Crippen molar-refractivity contribution in [3.63, 3.8) is 0 Å². The van der Waals surface area contributed by atoms with Crippen LogP contribution in [-0.2, 0) is 0 Å². The molecule has 1 saturated heterocycles. The van der Waals surface area contributed by atoms with Gasteiger partial charge in [-0.15, -0.1) is 0 Å². The van der Waals surface area contributed by atoms with Crippen LogP contribution in [-0.4, -0.2) is 16.5 Å². The normalized spacial score (nSPS) is 31.1. The maximum atomic E-state index is 4.76. The highest BCUT2D eigenvalue weighted by Gasteiger charge is 2.40. The summed E-state index contributed by atoms with van der Waals surface area (Å²) in [4.78, 5) is 8.24. The van der Waals surface area contributed by atoms with Crippen LogP contribution in [0.3, 0.4) is 0 Å². The highest BCUT2D eigenvalue weighted by atomic mass is 79.9. The summed E-state index contributed by atoms with van der Waals surface area (Å²) < 4.78 is 1.10. The fraction of sp³-hybridized carbons (Fsp3) is 0.500. The summed E-state index contributed by atoms with van der Waals surface area (Å²) in [6.07, 6.45) is 4.13. The van der Waals surface area contributed by atoms with Crippen molar-refractivity contribution in [3.8, 4) is 0 Å². The summed E-state index contributed by atoms with van der Waals surface area (Å²) in [7, 11) is 0. The Kier molecular flexibility index (Phi) is 2.49. The first kappa shape index (κ1) is 11.0. The molecule has 2 heterocycles. The number of H-pyrrole nitrogens is 1. The molecule has 1 aromatic carbocycles. The summed E-state index contributed by atoms with van der Waals surface area (Å²) in [5, 5.41) is 3.65. The van der Waals surface area contributed by atoms with Gasteiger partial charge in [-0.25, -0.2) is 4.98 Å². The summed E-state index contributed by atoms with van der Waals surface area (Å²) in [6, 6.07) is 6.66. The van der Waals surface area contributed by atoms with Gasteiger partial charge in [0, 0.05) is 4.47 Å². The number of aromatic amines is 1. The fourth-order valence-corrected chi connectivity index (χ4v) is 4.00. The Labute approximate surface area is 115 Å². The highest BCUT2D eigenvalue weighted by Crippen LogP contribution is 2.43. The second-order valence-corrected chi connectivity index (χ2v) is 6.44. The van der Waals surface area contributed by atoms with Gasteiger partial charge in [0.25, 0.3) is 0 Å². The minimum absolute atomic E-state index is 0.434. The number of nitrogens with zero attached hydrogens (tertiary/aromatic N) is 1. The van der Waals surface area contributed by atoms with E-state index in [0.29, 0.717) is 6.04 Å². The first-order valence-electron chi connectivity index (χ1n) is 6.70. The van der Waals surface area contributed by atoms with Crippen molar-refractivity contribution in [1.82, 2.24) is 15.3 Å². The zero-order valence-corrected chi connectivity index (χ0v) is 11.7. The summed E-state index contributed by atoms with van der Waals surface area (Å²) in [6.45, 7) is 1.16. The average molecular weight is 306 g/mol. The summed E-state index contributed by atoms with van der Waals surface area (Å²) >= 11 is 3.51. The van der Waals surface area contributed by atoms with Crippen molar-refractivity contribution in [2.75, 3.05) is 6.54 Å². The smallest absolute Gasteiger partial charge is 0.124 e. The van der Waals surface area contributed by atoms with E-state index in [1.807, 2.05) is 6.07 Å². The predicted molar refractivity (Wildman–Crippen MR) is 75.4 cm³/mol. The van der Waals surface area contributed by atoms with E-state index in [-0.39, 0.29) is 0 Å². The van der Waals surface area contributed by atoms with E-state index in [1.165, 1.54) is 19.3 Å². The second-order valence-electron chi connectivity index (χ2n) is 5.52. The third-order valence-corrected chi connectivity index (χ3v) is 5.00. The topological polar surface area (TPSA) is 40.7 Å². The summed E-state index contributed by atoms with van der Waals surface area (Å²) in [5.74, 6) is 2.78. The van der Waals surface area contributed by atoms with Gasteiger partial charge >= 0.3 is 0 Å². The van der Waals surface area contributed by atoms with Gasteiger partial charge in [0.05, 0.1) is 17.1 Å². The molecule has 1 aromatic heterocycles. The largest absolute Gasteiger partial charge is 0.341 e. The Morgan fingerprint density at radius 2 is 2.22 bits per heavy atom. The number of halogens is 1. The van der Waals surface area contributed by atoms with E-state index in [9.17, 15) is 0 Å². The van der Waals surface area contributed by atoms with Crippen molar-refractivity contribution < 1.29 is 0 Å². The Hall–Kier alpha value is -0.870. The van der Waals surface area contributed by atoms with E-state index in [0.717, 1.165) is 39.7 Å². The first-order valence-corrected chi connectivity index (χ1v) is 7.49. The zero-order chi connectivity index (χ0) is 12.1. The van der Waals surface area contributed by atoms with Gasteiger partial charge in [0.15, 0.2) is 0 Å². The van der Waals surface area contributed by atoms with Gasteiger partial charge in [-0.05, 0) is 49.4 Å². The number of hydrogen-bond donors (Lipinski definition) is 2. The number of rotatable bonds is 1. The van der Waals surface area contributed by atoms with E-state index in [1.54, 1.807) is 0 Å². The lowest BCUT2D eigenvalue weighted by Crippen LogP contribution is -2.18. The van der Waals surface area contributed by atoms with Crippen LogP contribution in [0.1, 0.15) is 31.1 Å². The molecule has 4 heteroatoms. The Bertz CT molecular complexity index is 592. The van der Waals surface area contributed by atoms with Crippen molar-refractivity contribution in [1.29, 1.82) is 0 Å². The van der Waals surface area contributed by atoms with Crippen molar-refractivity contribution in [2.45, 2.75) is 25.3 Å². The Morgan fingerprint density at radius 3 is 3.17 bits per heavy atom. The zero-order valence-electron chi connectivity index (χ0n) is 10.1. The van der Waals surface area contributed by atoms with Gasteiger partial charge in [0.1, 0.15) is 5.82 Å². The second kappa shape index (κ2) is 4.07. The standard InChI is InChI=1S/C14H16BrN3/c15-9-4-5-11-12(6-9)18-14(17-11)13-10-3-1-2-8(10)7-16-13/h4-6,8,10,13,16H,1-3,7H2,(H,17,18). The number of benzene rings is 1. The van der Waals surface area contributed by atoms with Crippen LogP contribution in [0.4, 0.5) is 0 Å². The predicted octanol–water partition coefficient (Wildman–Crippen LogP) is 3.39. The minimum Gasteiger partial charge on any atom is -0.341 e. The van der Waals surface area contributed by atoms with Gasteiger partial charge in [0.2, 0.25) is 0 Å². The lowest BCUT2D eigenvalue weighted by Gasteiger charge is -2.15. The van der Waals surface area contributed by atoms with Crippen molar-refractivity contribution in [2.24, 2.45) is 11.8 Å². The average Bonchev–Trinajstić information content (AvgIpc) is 3.00. The molecule has 1 aliphatic carbocycles. The fourth-order valence-electron chi connectivity index (χ4n) is 3.64. The number of aromatic nitrogens is 2. The SMILES string of the molecule is Brc1ccc2nc(C3NCC4CCCC43)[nH]c2c1. The lowest BCUT2D eigenvalue weighted by atomic mass is 9.94. The molecule has 94 valence electrons. The lowest BCUT2D eigenvalue weighted by molar-refractivity contribution is 0.410. The third kappa shape index (κ3) is 1.62. The molecule has 2 aromatic rings. The van der Waals surface area contributed by atoms with Crippen LogP contribution < -0.4 is 5.32 Å². The van der Waals surface area contributed by atoms with Crippen LogP contribution in [0.5, 0.6) is 0 Å². The van der Waals surface area contributed by atoms with Crippen molar-refractivity contribution in [3.05, 3.63) is 28.5 Å². The highest BCUT2D eigenvalue weighted by molar-refractivity contribution is 9.10. The van der Waals surface area contributed by atoms with Crippen LogP contribution >= 0.6 is 15.9 Å². The molecule has 3 atom stereocenters. The Balaban J connectivity index is 1.74. The number of imidazole rings is 1. The molecule has 2 N–H and O–H groups in total. The molecular formula is C14H16BrN3. The molecule has 2 fully saturated rings. The third-order valence-electron chi connectivity index (χ3n) is 4.50. The Morgan fingerprint density at radius 1 is 1.28 bits per heavy atom. The molecule has 0 radical (unpaired) electrons. The molecule has 4 rings (SSSR count).